The molecule has 1 aromatic heterocycles. The van der Waals surface area contributed by atoms with E-state index in [9.17, 15) is 4.79 Å². The van der Waals surface area contributed by atoms with E-state index in [4.69, 9.17) is 9.84 Å². The van der Waals surface area contributed by atoms with Crippen LogP contribution in [0.2, 0.25) is 0 Å². The van der Waals surface area contributed by atoms with Crippen molar-refractivity contribution in [2.45, 2.75) is 12.8 Å². The number of hydrogen-bond donors (Lipinski definition) is 1. The van der Waals surface area contributed by atoms with Crippen LogP contribution in [0.25, 0.3) is 16.9 Å². The molecule has 0 aliphatic heterocycles. The SMILES string of the molecule is COc1ccc(-c2nn(-c3ccccc3)cc2CCC(=O)O)cc1. The molecule has 0 saturated heterocycles. The monoisotopic (exact) mass is 322 g/mol. The van der Waals surface area contributed by atoms with Crippen LogP contribution in [0.4, 0.5) is 0 Å². The molecule has 0 amide bonds. The Morgan fingerprint density at radius 2 is 1.83 bits per heavy atom. The summed E-state index contributed by atoms with van der Waals surface area (Å²) in [4.78, 5) is 10.9. The highest BCUT2D eigenvalue weighted by Gasteiger charge is 2.13. The lowest BCUT2D eigenvalue weighted by atomic mass is 10.0. The van der Waals surface area contributed by atoms with Gasteiger partial charge in [-0.2, -0.15) is 5.10 Å². The molecule has 122 valence electrons. The highest BCUT2D eigenvalue weighted by Crippen LogP contribution is 2.26. The summed E-state index contributed by atoms with van der Waals surface area (Å²) in [5.41, 5.74) is 3.58. The Kier molecular flexibility index (Phi) is 4.61. The van der Waals surface area contributed by atoms with Crippen LogP contribution in [-0.4, -0.2) is 28.0 Å². The lowest BCUT2D eigenvalue weighted by Crippen LogP contribution is -1.97. The molecule has 0 bridgehead atoms. The number of hydrogen-bond acceptors (Lipinski definition) is 3. The lowest BCUT2D eigenvalue weighted by molar-refractivity contribution is -0.136. The van der Waals surface area contributed by atoms with E-state index in [1.165, 1.54) is 0 Å². The van der Waals surface area contributed by atoms with Gasteiger partial charge in [-0.05, 0) is 48.4 Å². The summed E-state index contributed by atoms with van der Waals surface area (Å²) < 4.78 is 6.97. The Bertz CT molecular complexity index is 824. The van der Waals surface area contributed by atoms with E-state index in [1.807, 2.05) is 60.8 Å². The van der Waals surface area contributed by atoms with Gasteiger partial charge in [0.2, 0.25) is 0 Å². The quantitative estimate of drug-likeness (QED) is 0.753. The van der Waals surface area contributed by atoms with Crippen LogP contribution < -0.4 is 4.74 Å². The van der Waals surface area contributed by atoms with E-state index >= 15 is 0 Å². The molecule has 3 rings (SSSR count). The molecular weight excluding hydrogens is 304 g/mol. The molecule has 0 fully saturated rings. The lowest BCUT2D eigenvalue weighted by Gasteiger charge is -2.03. The van der Waals surface area contributed by atoms with Crippen molar-refractivity contribution in [1.82, 2.24) is 9.78 Å². The molecule has 0 aliphatic carbocycles. The topological polar surface area (TPSA) is 64.4 Å². The Balaban J connectivity index is 2.01. The first-order chi connectivity index (χ1) is 11.7. The average molecular weight is 322 g/mol. The van der Waals surface area contributed by atoms with Gasteiger partial charge < -0.3 is 9.84 Å². The van der Waals surface area contributed by atoms with E-state index in [1.54, 1.807) is 11.8 Å². The summed E-state index contributed by atoms with van der Waals surface area (Å²) in [5.74, 6) is -0.0449. The van der Waals surface area contributed by atoms with Crippen LogP contribution >= 0.6 is 0 Å². The molecule has 24 heavy (non-hydrogen) atoms. The second-order valence-electron chi connectivity index (χ2n) is 5.41. The van der Waals surface area contributed by atoms with E-state index in [0.29, 0.717) is 6.42 Å². The van der Waals surface area contributed by atoms with Crippen molar-refractivity contribution in [1.29, 1.82) is 0 Å². The Labute approximate surface area is 140 Å². The van der Waals surface area contributed by atoms with E-state index in [-0.39, 0.29) is 6.42 Å². The fourth-order valence-corrected chi connectivity index (χ4v) is 2.54. The van der Waals surface area contributed by atoms with Crippen molar-refractivity contribution in [2.24, 2.45) is 0 Å². The Morgan fingerprint density at radius 3 is 2.46 bits per heavy atom. The van der Waals surface area contributed by atoms with Gasteiger partial charge in [0.25, 0.3) is 0 Å². The summed E-state index contributed by atoms with van der Waals surface area (Å²) >= 11 is 0. The van der Waals surface area contributed by atoms with Crippen molar-refractivity contribution in [3.63, 3.8) is 0 Å². The summed E-state index contributed by atoms with van der Waals surface area (Å²) in [6, 6.07) is 17.4. The number of carboxylic acid groups (broad SMARTS) is 1. The summed E-state index contributed by atoms with van der Waals surface area (Å²) in [6.07, 6.45) is 2.41. The standard InChI is InChI=1S/C19H18N2O3/c1-24-17-10-7-14(8-11-17)19-15(9-12-18(22)23)13-21(20-19)16-5-3-2-4-6-16/h2-8,10-11,13H,9,12H2,1H3,(H,22,23). The first-order valence-corrected chi connectivity index (χ1v) is 7.67. The second-order valence-corrected chi connectivity index (χ2v) is 5.41. The van der Waals surface area contributed by atoms with Crippen LogP contribution in [0, 0.1) is 0 Å². The zero-order valence-electron chi connectivity index (χ0n) is 13.3. The average Bonchev–Trinajstić information content (AvgIpc) is 3.05. The first-order valence-electron chi connectivity index (χ1n) is 7.67. The predicted molar refractivity (Wildman–Crippen MR) is 91.5 cm³/mol. The van der Waals surface area contributed by atoms with Crippen molar-refractivity contribution in [3.05, 3.63) is 66.4 Å². The van der Waals surface area contributed by atoms with Gasteiger partial charge >= 0.3 is 5.97 Å². The third-order valence-electron chi connectivity index (χ3n) is 3.78. The van der Waals surface area contributed by atoms with Crippen molar-refractivity contribution in [3.8, 4) is 22.7 Å². The van der Waals surface area contributed by atoms with Crippen molar-refractivity contribution in [2.75, 3.05) is 7.11 Å². The molecule has 0 unspecified atom stereocenters. The molecule has 2 aromatic carbocycles. The third-order valence-corrected chi connectivity index (χ3v) is 3.78. The molecular formula is C19H18N2O3. The number of benzene rings is 2. The highest BCUT2D eigenvalue weighted by atomic mass is 16.5. The smallest absolute Gasteiger partial charge is 0.303 e. The zero-order valence-corrected chi connectivity index (χ0v) is 13.3. The van der Waals surface area contributed by atoms with E-state index in [0.717, 1.165) is 28.3 Å². The normalized spacial score (nSPS) is 10.5. The van der Waals surface area contributed by atoms with Crippen molar-refractivity contribution >= 4 is 5.97 Å². The number of aromatic nitrogens is 2. The molecule has 5 heteroatoms. The zero-order chi connectivity index (χ0) is 16.9. The highest BCUT2D eigenvalue weighted by molar-refractivity contribution is 5.69. The number of ether oxygens (including phenoxy) is 1. The fraction of sp³-hybridized carbons (Fsp3) is 0.158. The molecule has 1 N–H and O–H groups in total. The molecule has 0 spiro atoms. The summed E-state index contributed by atoms with van der Waals surface area (Å²) in [7, 11) is 1.62. The maximum absolute atomic E-state index is 10.9. The van der Waals surface area contributed by atoms with Crippen LogP contribution in [0.5, 0.6) is 5.75 Å². The number of carboxylic acids is 1. The minimum Gasteiger partial charge on any atom is -0.497 e. The number of rotatable bonds is 6. The Morgan fingerprint density at radius 1 is 1.12 bits per heavy atom. The maximum Gasteiger partial charge on any atom is 0.303 e. The van der Waals surface area contributed by atoms with E-state index < -0.39 is 5.97 Å². The minimum atomic E-state index is -0.817. The molecule has 0 saturated carbocycles. The van der Waals surface area contributed by atoms with Crippen molar-refractivity contribution < 1.29 is 14.6 Å². The third kappa shape index (κ3) is 3.46. The van der Waals surface area contributed by atoms with Gasteiger partial charge in [0, 0.05) is 18.2 Å². The van der Waals surface area contributed by atoms with Crippen LogP contribution in [0.15, 0.2) is 60.8 Å². The van der Waals surface area contributed by atoms with Crippen LogP contribution in [-0.2, 0) is 11.2 Å². The van der Waals surface area contributed by atoms with Gasteiger partial charge in [0.15, 0.2) is 0 Å². The number of methoxy groups -OCH3 is 1. The predicted octanol–water partition coefficient (Wildman–Crippen LogP) is 3.57. The fourth-order valence-electron chi connectivity index (χ4n) is 2.54. The molecule has 5 nitrogen and oxygen atoms in total. The number of aliphatic carboxylic acids is 1. The second kappa shape index (κ2) is 7.00. The molecule has 3 aromatic rings. The van der Waals surface area contributed by atoms with Gasteiger partial charge in [-0.25, -0.2) is 4.68 Å². The Hall–Kier alpha value is -3.08. The first kappa shape index (κ1) is 15.8. The van der Waals surface area contributed by atoms with Gasteiger partial charge in [-0.15, -0.1) is 0 Å². The summed E-state index contributed by atoms with van der Waals surface area (Å²) in [5, 5.41) is 13.7. The molecule has 0 radical (unpaired) electrons. The molecule has 1 heterocycles. The number of para-hydroxylation sites is 1. The van der Waals surface area contributed by atoms with Crippen LogP contribution in [0.1, 0.15) is 12.0 Å². The number of aryl methyl sites for hydroxylation is 1. The van der Waals surface area contributed by atoms with E-state index in [2.05, 4.69) is 5.10 Å². The van der Waals surface area contributed by atoms with Gasteiger partial charge in [0.05, 0.1) is 18.5 Å². The minimum absolute atomic E-state index is 0.0731. The van der Waals surface area contributed by atoms with Gasteiger partial charge in [-0.3, -0.25) is 4.79 Å². The number of nitrogens with zero attached hydrogens (tertiary/aromatic N) is 2. The number of carbonyl (C=O) groups is 1. The van der Waals surface area contributed by atoms with Gasteiger partial charge in [0.1, 0.15) is 5.75 Å². The molecule has 0 aliphatic rings. The molecule has 0 atom stereocenters. The van der Waals surface area contributed by atoms with Gasteiger partial charge in [-0.1, -0.05) is 18.2 Å². The largest absolute Gasteiger partial charge is 0.497 e. The summed E-state index contributed by atoms with van der Waals surface area (Å²) in [6.45, 7) is 0. The maximum atomic E-state index is 10.9. The van der Waals surface area contributed by atoms with Crippen LogP contribution in [0.3, 0.4) is 0 Å².